The third kappa shape index (κ3) is 24.4. The summed E-state index contributed by atoms with van der Waals surface area (Å²) in [4.78, 5) is 30.5. The molecule has 0 saturated heterocycles. The number of hydrogen-bond donors (Lipinski definition) is 0. The van der Waals surface area contributed by atoms with Crippen LogP contribution in [0.3, 0.4) is 0 Å². The molecule has 0 aromatic heterocycles. The highest BCUT2D eigenvalue weighted by atomic mass is 16.6. The predicted octanol–water partition coefficient (Wildman–Crippen LogP) is 12.9. The van der Waals surface area contributed by atoms with Crippen LogP contribution in [0.1, 0.15) is 201 Å². The maximum Gasteiger partial charge on any atom is 0.409 e. The highest BCUT2D eigenvalue weighted by molar-refractivity contribution is 5.70. The predicted molar refractivity (Wildman–Crippen MR) is 218 cm³/mol. The van der Waals surface area contributed by atoms with E-state index >= 15 is 0 Å². The fraction of sp³-hybridized carbons (Fsp3) is 0.911. The Morgan fingerprint density at radius 1 is 0.667 bits per heavy atom. The second kappa shape index (κ2) is 31.9. The minimum atomic E-state index is -0.254. The van der Waals surface area contributed by atoms with Crippen LogP contribution in [0.4, 0.5) is 4.79 Å². The standard InChI is InChI=1S/C45H86N2O4/c1-8-12-16-19-22-26-29-39(30-27-23-20-17-13-9-2)37-41(31-28-24-21-18-14-10-3)50-44(48)38-40-33-34-43(42(40)32-25-15-11-4)51-45(49)47(7)36-35-46(5)6/h15,25,39-43H,8-14,16-24,26-38H2,1-7H3/b25-15-. The second-order valence-electron chi connectivity index (χ2n) is 16.4. The van der Waals surface area contributed by atoms with E-state index < -0.39 is 0 Å². The summed E-state index contributed by atoms with van der Waals surface area (Å²) in [6.07, 6.45) is 36.1. The zero-order chi connectivity index (χ0) is 37.5. The molecule has 6 nitrogen and oxygen atoms in total. The lowest BCUT2D eigenvalue weighted by Crippen LogP contribution is -2.37. The van der Waals surface area contributed by atoms with E-state index in [4.69, 9.17) is 9.47 Å². The summed E-state index contributed by atoms with van der Waals surface area (Å²) in [6, 6.07) is 0. The van der Waals surface area contributed by atoms with Gasteiger partial charge in [-0.2, -0.15) is 0 Å². The van der Waals surface area contributed by atoms with Gasteiger partial charge in [-0.25, -0.2) is 4.79 Å². The largest absolute Gasteiger partial charge is 0.462 e. The molecule has 6 heteroatoms. The molecule has 51 heavy (non-hydrogen) atoms. The maximum absolute atomic E-state index is 13.8. The summed E-state index contributed by atoms with van der Waals surface area (Å²) in [5.41, 5.74) is 0. The number of amides is 1. The molecule has 4 unspecified atom stereocenters. The van der Waals surface area contributed by atoms with E-state index in [-0.39, 0.29) is 36.1 Å². The summed E-state index contributed by atoms with van der Waals surface area (Å²) in [6.45, 7) is 10.4. The average molecular weight is 719 g/mol. The van der Waals surface area contributed by atoms with Crippen LogP contribution in [0.15, 0.2) is 12.2 Å². The average Bonchev–Trinajstić information content (AvgIpc) is 3.47. The van der Waals surface area contributed by atoms with Crippen molar-refractivity contribution in [3.05, 3.63) is 12.2 Å². The van der Waals surface area contributed by atoms with Crippen LogP contribution in [0.2, 0.25) is 0 Å². The quantitative estimate of drug-likeness (QED) is 0.0384. The number of likely N-dealkylation sites (N-methyl/N-ethyl adjacent to an activating group) is 2. The molecule has 4 atom stereocenters. The Kier molecular flexibility index (Phi) is 29.7. The summed E-state index contributed by atoms with van der Waals surface area (Å²) >= 11 is 0. The van der Waals surface area contributed by atoms with Gasteiger partial charge in [-0.15, -0.1) is 0 Å². The molecule has 0 spiro atoms. The number of unbranched alkanes of at least 4 members (excludes halogenated alkanes) is 15. The summed E-state index contributed by atoms with van der Waals surface area (Å²) in [7, 11) is 5.84. The highest BCUT2D eigenvalue weighted by Crippen LogP contribution is 2.40. The molecule has 1 rings (SSSR count). The first-order valence-electron chi connectivity index (χ1n) is 22.2. The van der Waals surface area contributed by atoms with E-state index in [9.17, 15) is 9.59 Å². The second-order valence-corrected chi connectivity index (χ2v) is 16.4. The number of carbonyl (C=O) groups excluding carboxylic acids is 2. The first-order valence-corrected chi connectivity index (χ1v) is 22.2. The Morgan fingerprint density at radius 3 is 1.73 bits per heavy atom. The zero-order valence-electron chi connectivity index (χ0n) is 35.1. The van der Waals surface area contributed by atoms with Gasteiger partial charge in [0.1, 0.15) is 12.2 Å². The number of allylic oxidation sites excluding steroid dienone is 2. The highest BCUT2D eigenvalue weighted by Gasteiger charge is 2.39. The van der Waals surface area contributed by atoms with Crippen molar-refractivity contribution in [2.75, 3.05) is 34.2 Å². The molecule has 1 fully saturated rings. The molecule has 1 amide bonds. The van der Waals surface area contributed by atoms with Crippen LogP contribution in [-0.2, 0) is 14.3 Å². The number of ether oxygens (including phenoxy) is 2. The molecule has 0 N–H and O–H groups in total. The van der Waals surface area contributed by atoms with Crippen LogP contribution in [0.25, 0.3) is 0 Å². The molecule has 0 aromatic carbocycles. The van der Waals surface area contributed by atoms with Crippen molar-refractivity contribution < 1.29 is 19.1 Å². The molecule has 1 saturated carbocycles. The molecule has 0 heterocycles. The SMILES string of the molecule is CC/C=C\CC1C(CC(=O)OC(CCCCCCCC)CC(CCCCCCCC)CCCCCCCC)CCC1OC(=O)N(C)CCN(C)C. The van der Waals surface area contributed by atoms with E-state index in [0.717, 1.165) is 51.5 Å². The lowest BCUT2D eigenvalue weighted by Gasteiger charge is -2.27. The van der Waals surface area contributed by atoms with Gasteiger partial charge in [-0.05, 0) is 70.9 Å². The Balaban J connectivity index is 2.95. The fourth-order valence-electron chi connectivity index (χ4n) is 7.94. The lowest BCUT2D eigenvalue weighted by atomic mass is 9.87. The number of nitrogens with zero attached hydrogens (tertiary/aromatic N) is 2. The number of esters is 1. The Morgan fingerprint density at radius 2 is 1.20 bits per heavy atom. The Bertz CT molecular complexity index is 845. The normalized spacial score (nSPS) is 18.3. The number of carbonyl (C=O) groups is 2. The summed E-state index contributed by atoms with van der Waals surface area (Å²) < 4.78 is 12.6. The van der Waals surface area contributed by atoms with Gasteiger partial charge in [0.05, 0.1) is 0 Å². The fourth-order valence-corrected chi connectivity index (χ4v) is 7.94. The molecule has 0 bridgehead atoms. The molecule has 0 aromatic rings. The van der Waals surface area contributed by atoms with Crippen molar-refractivity contribution in [2.24, 2.45) is 17.8 Å². The molecule has 300 valence electrons. The molecule has 0 aliphatic heterocycles. The molecule has 1 aliphatic rings. The van der Waals surface area contributed by atoms with E-state index in [0.29, 0.717) is 18.9 Å². The first kappa shape index (κ1) is 47.5. The Labute approximate surface area is 317 Å². The van der Waals surface area contributed by atoms with Crippen molar-refractivity contribution in [3.63, 3.8) is 0 Å². The van der Waals surface area contributed by atoms with Crippen molar-refractivity contribution in [3.8, 4) is 0 Å². The first-order chi connectivity index (χ1) is 24.7. The van der Waals surface area contributed by atoms with E-state index in [1.165, 1.54) is 122 Å². The topological polar surface area (TPSA) is 59.1 Å². The maximum atomic E-state index is 13.8. The number of hydrogen-bond acceptors (Lipinski definition) is 5. The van der Waals surface area contributed by atoms with Crippen LogP contribution in [-0.4, -0.2) is 68.3 Å². The van der Waals surface area contributed by atoms with Gasteiger partial charge in [-0.1, -0.05) is 162 Å². The van der Waals surface area contributed by atoms with Gasteiger partial charge in [0.25, 0.3) is 0 Å². The van der Waals surface area contributed by atoms with Gasteiger partial charge >= 0.3 is 12.1 Å². The summed E-state index contributed by atoms with van der Waals surface area (Å²) in [5.74, 6) is 0.942. The van der Waals surface area contributed by atoms with Gasteiger partial charge < -0.3 is 19.3 Å². The lowest BCUT2D eigenvalue weighted by molar-refractivity contribution is -0.152. The van der Waals surface area contributed by atoms with Crippen molar-refractivity contribution >= 4 is 12.1 Å². The monoisotopic (exact) mass is 719 g/mol. The third-order valence-corrected chi connectivity index (χ3v) is 11.3. The van der Waals surface area contributed by atoms with Crippen molar-refractivity contribution in [1.82, 2.24) is 9.80 Å². The van der Waals surface area contributed by atoms with Crippen LogP contribution in [0, 0.1) is 17.8 Å². The molecular formula is C45H86N2O4. The van der Waals surface area contributed by atoms with Gasteiger partial charge in [-0.3, -0.25) is 4.79 Å². The minimum absolute atomic E-state index is 0.0210. The minimum Gasteiger partial charge on any atom is -0.462 e. The van der Waals surface area contributed by atoms with Crippen LogP contribution < -0.4 is 0 Å². The smallest absolute Gasteiger partial charge is 0.409 e. The van der Waals surface area contributed by atoms with Crippen molar-refractivity contribution in [1.29, 1.82) is 0 Å². The molecule has 1 aliphatic carbocycles. The molecule has 0 radical (unpaired) electrons. The van der Waals surface area contributed by atoms with Gasteiger partial charge in [0, 0.05) is 32.5 Å². The van der Waals surface area contributed by atoms with E-state index in [1.807, 2.05) is 21.1 Å². The van der Waals surface area contributed by atoms with E-state index in [1.54, 1.807) is 4.90 Å². The van der Waals surface area contributed by atoms with Crippen LogP contribution >= 0.6 is 0 Å². The Hall–Kier alpha value is -1.56. The van der Waals surface area contributed by atoms with E-state index in [2.05, 4.69) is 44.7 Å². The van der Waals surface area contributed by atoms with Gasteiger partial charge in [0.2, 0.25) is 0 Å². The van der Waals surface area contributed by atoms with Crippen LogP contribution in [0.5, 0.6) is 0 Å². The number of rotatable bonds is 33. The summed E-state index contributed by atoms with van der Waals surface area (Å²) in [5, 5.41) is 0. The van der Waals surface area contributed by atoms with Gasteiger partial charge in [0.15, 0.2) is 0 Å². The van der Waals surface area contributed by atoms with Crippen molar-refractivity contribution in [2.45, 2.75) is 213 Å². The third-order valence-electron chi connectivity index (χ3n) is 11.3. The zero-order valence-corrected chi connectivity index (χ0v) is 35.1. The molecular weight excluding hydrogens is 633 g/mol.